The van der Waals surface area contributed by atoms with E-state index < -0.39 is 16.4 Å². The van der Waals surface area contributed by atoms with Gasteiger partial charge in [-0.25, -0.2) is 0 Å². The summed E-state index contributed by atoms with van der Waals surface area (Å²) in [6, 6.07) is 9.64. The number of fused-ring (bicyclic) bond motifs is 1. The van der Waals surface area contributed by atoms with Gasteiger partial charge >= 0.3 is 5.69 Å². The van der Waals surface area contributed by atoms with Gasteiger partial charge in [0.15, 0.2) is 0 Å². The van der Waals surface area contributed by atoms with Gasteiger partial charge in [-0.1, -0.05) is 12.1 Å². The van der Waals surface area contributed by atoms with Crippen LogP contribution in [0.3, 0.4) is 0 Å². The van der Waals surface area contributed by atoms with Gasteiger partial charge in [0.2, 0.25) is 5.82 Å². The molecule has 0 saturated heterocycles. The van der Waals surface area contributed by atoms with E-state index in [9.17, 15) is 14.5 Å². The maximum Gasteiger partial charge on any atom is 0.327 e. The van der Waals surface area contributed by atoms with Crippen LogP contribution in [0.15, 0.2) is 36.4 Å². The van der Waals surface area contributed by atoms with Gasteiger partial charge in [-0.05, 0) is 48.2 Å². The normalized spacial score (nSPS) is 16.5. The molecule has 21 heavy (non-hydrogen) atoms. The molecule has 0 bridgehead atoms. The van der Waals surface area contributed by atoms with Gasteiger partial charge in [0, 0.05) is 5.69 Å². The number of rotatable bonds is 3. The minimum atomic E-state index is -0.833. The second-order valence-corrected chi connectivity index (χ2v) is 5.09. The molecular formula is C15H14FN3O2. The molecule has 0 amide bonds. The number of anilines is 2. The first kappa shape index (κ1) is 13.4. The van der Waals surface area contributed by atoms with Crippen LogP contribution in [0.25, 0.3) is 0 Å². The Labute approximate surface area is 120 Å². The third-order valence-corrected chi connectivity index (χ3v) is 3.74. The lowest BCUT2D eigenvalue weighted by atomic mass is 10.1. The molecule has 0 heterocycles. The summed E-state index contributed by atoms with van der Waals surface area (Å²) in [7, 11) is 0. The lowest BCUT2D eigenvalue weighted by Crippen LogP contribution is -2.09. The van der Waals surface area contributed by atoms with Crippen molar-refractivity contribution in [1.82, 2.24) is 0 Å². The first-order valence-electron chi connectivity index (χ1n) is 6.64. The zero-order valence-electron chi connectivity index (χ0n) is 11.2. The molecule has 0 aromatic heterocycles. The van der Waals surface area contributed by atoms with Crippen molar-refractivity contribution in [2.75, 3.05) is 11.1 Å². The Morgan fingerprint density at radius 2 is 2.14 bits per heavy atom. The Morgan fingerprint density at radius 3 is 2.90 bits per heavy atom. The van der Waals surface area contributed by atoms with Gasteiger partial charge in [0.05, 0.1) is 11.0 Å². The maximum absolute atomic E-state index is 13.6. The Morgan fingerprint density at radius 1 is 1.33 bits per heavy atom. The monoisotopic (exact) mass is 287 g/mol. The number of nitro groups is 1. The van der Waals surface area contributed by atoms with E-state index in [0.29, 0.717) is 5.69 Å². The molecule has 3 rings (SSSR count). The Balaban J connectivity index is 1.93. The van der Waals surface area contributed by atoms with Crippen LogP contribution in [0.1, 0.15) is 23.6 Å². The predicted molar refractivity (Wildman–Crippen MR) is 78.6 cm³/mol. The van der Waals surface area contributed by atoms with E-state index in [1.165, 1.54) is 12.1 Å². The van der Waals surface area contributed by atoms with Crippen LogP contribution in [0, 0.1) is 15.9 Å². The molecule has 1 atom stereocenters. The molecule has 0 radical (unpaired) electrons. The first-order valence-corrected chi connectivity index (χ1v) is 6.64. The zero-order chi connectivity index (χ0) is 15.0. The van der Waals surface area contributed by atoms with Crippen LogP contribution in [0.2, 0.25) is 0 Å². The summed E-state index contributed by atoms with van der Waals surface area (Å²) in [6.07, 6.45) is 1.65. The number of hydrogen-bond acceptors (Lipinski definition) is 4. The molecule has 0 saturated carbocycles. The summed E-state index contributed by atoms with van der Waals surface area (Å²) in [6.45, 7) is 0. The predicted octanol–water partition coefficient (Wildman–Crippen LogP) is 3.42. The minimum Gasteiger partial charge on any atom is -0.399 e. The number of benzene rings is 2. The number of nitrogens with zero attached hydrogens (tertiary/aromatic N) is 1. The molecule has 1 unspecified atom stereocenters. The van der Waals surface area contributed by atoms with Gasteiger partial charge in [-0.15, -0.1) is 0 Å². The molecule has 6 heteroatoms. The van der Waals surface area contributed by atoms with Crippen molar-refractivity contribution in [2.45, 2.75) is 18.9 Å². The van der Waals surface area contributed by atoms with E-state index in [2.05, 4.69) is 5.32 Å². The molecule has 5 nitrogen and oxygen atoms in total. The summed E-state index contributed by atoms with van der Waals surface area (Å²) >= 11 is 0. The number of aryl methyl sites for hydroxylation is 1. The van der Waals surface area contributed by atoms with Crippen molar-refractivity contribution >= 4 is 17.1 Å². The smallest absolute Gasteiger partial charge is 0.327 e. The average Bonchev–Trinajstić information content (AvgIpc) is 2.80. The Kier molecular flexibility index (Phi) is 3.21. The number of nitrogens with two attached hydrogens (primary N) is 1. The highest BCUT2D eigenvalue weighted by molar-refractivity contribution is 5.63. The number of nitrogens with one attached hydrogen (secondary N) is 1. The van der Waals surface area contributed by atoms with E-state index in [1.807, 2.05) is 12.1 Å². The van der Waals surface area contributed by atoms with E-state index in [4.69, 9.17) is 5.73 Å². The second kappa shape index (κ2) is 5.05. The molecule has 1 aliphatic rings. The highest BCUT2D eigenvalue weighted by Gasteiger charge is 2.26. The number of halogens is 1. The van der Waals surface area contributed by atoms with Crippen molar-refractivity contribution < 1.29 is 9.31 Å². The van der Waals surface area contributed by atoms with Gasteiger partial charge < -0.3 is 11.1 Å². The fourth-order valence-corrected chi connectivity index (χ4v) is 2.79. The number of nitrogen functional groups attached to an aromatic ring is 1. The molecule has 0 aliphatic heterocycles. The topological polar surface area (TPSA) is 81.2 Å². The fourth-order valence-electron chi connectivity index (χ4n) is 2.79. The second-order valence-electron chi connectivity index (χ2n) is 5.09. The van der Waals surface area contributed by atoms with E-state index in [-0.39, 0.29) is 11.7 Å². The summed E-state index contributed by atoms with van der Waals surface area (Å²) in [5.74, 6) is -0.833. The molecule has 2 aromatic rings. The lowest BCUT2D eigenvalue weighted by Gasteiger charge is -2.16. The first-order chi connectivity index (χ1) is 10.1. The van der Waals surface area contributed by atoms with Crippen LogP contribution in [0.4, 0.5) is 21.5 Å². The number of para-hydroxylation sites is 1. The van der Waals surface area contributed by atoms with Crippen LogP contribution in [-0.2, 0) is 6.42 Å². The van der Waals surface area contributed by atoms with E-state index >= 15 is 0 Å². The Bertz CT molecular complexity index is 718. The summed E-state index contributed by atoms with van der Waals surface area (Å²) < 4.78 is 13.6. The van der Waals surface area contributed by atoms with Gasteiger partial charge in [0.1, 0.15) is 5.69 Å². The third-order valence-electron chi connectivity index (χ3n) is 3.74. The van der Waals surface area contributed by atoms with Crippen molar-refractivity contribution in [1.29, 1.82) is 0 Å². The number of hydrogen-bond donors (Lipinski definition) is 2. The number of nitro benzene ring substituents is 1. The maximum atomic E-state index is 13.6. The van der Waals surface area contributed by atoms with E-state index in [0.717, 1.165) is 30.0 Å². The van der Waals surface area contributed by atoms with Gasteiger partial charge in [-0.3, -0.25) is 10.1 Å². The molecular weight excluding hydrogens is 273 g/mol. The molecule has 3 N–H and O–H groups in total. The summed E-state index contributed by atoms with van der Waals surface area (Å²) in [4.78, 5) is 10.3. The average molecular weight is 287 g/mol. The quantitative estimate of drug-likeness (QED) is 0.515. The zero-order valence-corrected chi connectivity index (χ0v) is 11.2. The van der Waals surface area contributed by atoms with Crippen molar-refractivity contribution in [2.24, 2.45) is 0 Å². The van der Waals surface area contributed by atoms with Crippen molar-refractivity contribution in [3.63, 3.8) is 0 Å². The minimum absolute atomic E-state index is 0.0684. The largest absolute Gasteiger partial charge is 0.399 e. The molecule has 0 spiro atoms. The highest BCUT2D eigenvalue weighted by atomic mass is 19.1. The highest BCUT2D eigenvalue weighted by Crippen LogP contribution is 2.37. The van der Waals surface area contributed by atoms with Gasteiger partial charge in [-0.2, -0.15) is 4.39 Å². The fraction of sp³-hybridized carbons (Fsp3) is 0.200. The van der Waals surface area contributed by atoms with Crippen LogP contribution >= 0.6 is 0 Å². The molecule has 0 fully saturated rings. The van der Waals surface area contributed by atoms with Crippen LogP contribution in [0.5, 0.6) is 0 Å². The summed E-state index contributed by atoms with van der Waals surface area (Å²) in [5.41, 5.74) is 8.33. The Hall–Kier alpha value is -2.63. The van der Waals surface area contributed by atoms with Crippen molar-refractivity contribution in [3.8, 4) is 0 Å². The lowest BCUT2D eigenvalue weighted by molar-refractivity contribution is -0.386. The molecule has 2 aromatic carbocycles. The van der Waals surface area contributed by atoms with E-state index in [1.54, 1.807) is 6.07 Å². The van der Waals surface area contributed by atoms with Crippen molar-refractivity contribution in [3.05, 3.63) is 63.5 Å². The third kappa shape index (κ3) is 2.40. The van der Waals surface area contributed by atoms with Gasteiger partial charge in [0.25, 0.3) is 0 Å². The summed E-state index contributed by atoms with van der Waals surface area (Å²) in [5, 5.41) is 14.1. The van der Waals surface area contributed by atoms with Crippen LogP contribution < -0.4 is 11.1 Å². The molecule has 108 valence electrons. The van der Waals surface area contributed by atoms with Crippen LogP contribution in [-0.4, -0.2) is 4.92 Å². The SMILES string of the molecule is Nc1ccc2c(c1)CCC2Nc1cccc(F)c1[N+](=O)[O-]. The standard InChI is InChI=1S/C15H14FN3O2/c16-12-2-1-3-14(15(12)19(20)21)18-13-7-4-9-8-10(17)5-6-11(9)13/h1-3,5-6,8,13,18H,4,7,17H2. The molecule has 1 aliphatic carbocycles.